The van der Waals surface area contributed by atoms with Gasteiger partial charge in [0.2, 0.25) is 0 Å². The summed E-state index contributed by atoms with van der Waals surface area (Å²) in [5.41, 5.74) is 0.638. The van der Waals surface area contributed by atoms with Crippen molar-refractivity contribution < 1.29 is 24.5 Å². The number of benzene rings is 1. The number of methoxy groups -OCH3 is 2. The number of hydrogen-bond acceptors (Lipinski definition) is 4. The van der Waals surface area contributed by atoms with Gasteiger partial charge in [0.1, 0.15) is 0 Å². The summed E-state index contributed by atoms with van der Waals surface area (Å²) in [6.07, 6.45) is 0.266. The fourth-order valence-corrected chi connectivity index (χ4v) is 1.45. The molecule has 0 saturated heterocycles. The largest absolute Gasteiger partial charge is 0.493 e. The van der Waals surface area contributed by atoms with Crippen LogP contribution in [0.3, 0.4) is 0 Å². The summed E-state index contributed by atoms with van der Waals surface area (Å²) < 4.78 is 10.1. The lowest BCUT2D eigenvalue weighted by Crippen LogP contribution is -2.06. The summed E-state index contributed by atoms with van der Waals surface area (Å²) in [4.78, 5) is 11.0. The zero-order chi connectivity index (χ0) is 12.1. The molecule has 0 bridgehead atoms. The molecular formula is C11H14O5. The van der Waals surface area contributed by atoms with Crippen LogP contribution in [0.1, 0.15) is 15.9 Å². The zero-order valence-corrected chi connectivity index (χ0v) is 9.19. The molecule has 0 heterocycles. The van der Waals surface area contributed by atoms with Crippen molar-refractivity contribution in [3.63, 3.8) is 0 Å². The number of aliphatic hydroxyl groups is 1. The van der Waals surface area contributed by atoms with Crippen molar-refractivity contribution >= 4 is 5.97 Å². The van der Waals surface area contributed by atoms with Gasteiger partial charge in [0.05, 0.1) is 19.8 Å². The molecule has 0 radical (unpaired) electrons. The first-order valence-corrected chi connectivity index (χ1v) is 4.73. The minimum atomic E-state index is -1.05. The van der Waals surface area contributed by atoms with Crippen LogP contribution in [0, 0.1) is 0 Å². The van der Waals surface area contributed by atoms with E-state index in [0.717, 1.165) is 0 Å². The Kier molecular flexibility index (Phi) is 4.13. The van der Waals surface area contributed by atoms with E-state index in [4.69, 9.17) is 19.7 Å². The van der Waals surface area contributed by atoms with Gasteiger partial charge in [-0.2, -0.15) is 0 Å². The molecule has 0 saturated carbocycles. The van der Waals surface area contributed by atoms with Crippen molar-refractivity contribution in [3.05, 3.63) is 23.3 Å². The van der Waals surface area contributed by atoms with Gasteiger partial charge in [-0.15, -0.1) is 0 Å². The molecule has 1 rings (SSSR count). The van der Waals surface area contributed by atoms with Gasteiger partial charge in [0, 0.05) is 6.61 Å². The first-order chi connectivity index (χ1) is 7.63. The van der Waals surface area contributed by atoms with Crippen molar-refractivity contribution in [1.82, 2.24) is 0 Å². The number of ether oxygens (including phenoxy) is 2. The monoisotopic (exact) mass is 226 g/mol. The van der Waals surface area contributed by atoms with E-state index in [1.54, 1.807) is 6.07 Å². The Labute approximate surface area is 93.2 Å². The Hall–Kier alpha value is -1.75. The predicted octanol–water partition coefficient (Wildman–Crippen LogP) is 0.937. The Balaban J connectivity index is 3.29. The average Bonchev–Trinajstić information content (AvgIpc) is 2.28. The zero-order valence-electron chi connectivity index (χ0n) is 9.19. The fourth-order valence-electron chi connectivity index (χ4n) is 1.45. The van der Waals surface area contributed by atoms with E-state index in [1.165, 1.54) is 20.3 Å². The van der Waals surface area contributed by atoms with Crippen molar-refractivity contribution in [2.75, 3.05) is 20.8 Å². The number of carboxylic acid groups (broad SMARTS) is 1. The number of carbonyl (C=O) groups is 1. The van der Waals surface area contributed by atoms with E-state index in [1.807, 2.05) is 0 Å². The maximum atomic E-state index is 11.0. The first kappa shape index (κ1) is 12.3. The molecule has 2 N–H and O–H groups in total. The molecule has 0 aliphatic carbocycles. The first-order valence-electron chi connectivity index (χ1n) is 4.73. The van der Waals surface area contributed by atoms with Crippen molar-refractivity contribution in [3.8, 4) is 11.5 Å². The number of rotatable bonds is 5. The van der Waals surface area contributed by atoms with Crippen LogP contribution in [0.5, 0.6) is 11.5 Å². The van der Waals surface area contributed by atoms with Gasteiger partial charge >= 0.3 is 5.97 Å². The average molecular weight is 226 g/mol. The second-order valence-corrected chi connectivity index (χ2v) is 3.14. The molecule has 5 heteroatoms. The molecule has 0 unspecified atom stereocenters. The van der Waals surface area contributed by atoms with Gasteiger partial charge in [-0.3, -0.25) is 0 Å². The van der Waals surface area contributed by atoms with Crippen molar-refractivity contribution in [1.29, 1.82) is 0 Å². The second-order valence-electron chi connectivity index (χ2n) is 3.14. The van der Waals surface area contributed by atoms with Crippen LogP contribution in [-0.4, -0.2) is 37.0 Å². The quantitative estimate of drug-likeness (QED) is 0.781. The topological polar surface area (TPSA) is 76.0 Å². The van der Waals surface area contributed by atoms with E-state index >= 15 is 0 Å². The molecule has 0 atom stereocenters. The summed E-state index contributed by atoms with van der Waals surface area (Å²) in [6.45, 7) is -0.115. The molecule has 0 spiro atoms. The summed E-state index contributed by atoms with van der Waals surface area (Å²) >= 11 is 0. The molecule has 1 aromatic rings. The lowest BCUT2D eigenvalue weighted by atomic mass is 10.0. The van der Waals surface area contributed by atoms with E-state index in [-0.39, 0.29) is 18.6 Å². The fraction of sp³-hybridized carbons (Fsp3) is 0.364. The molecule has 0 aliphatic rings. The van der Waals surface area contributed by atoms with E-state index in [9.17, 15) is 4.79 Å². The van der Waals surface area contributed by atoms with Crippen LogP contribution in [-0.2, 0) is 6.42 Å². The van der Waals surface area contributed by atoms with Gasteiger partial charge in [0.25, 0.3) is 0 Å². The molecule has 16 heavy (non-hydrogen) atoms. The smallest absolute Gasteiger partial charge is 0.336 e. The third-order valence-electron chi connectivity index (χ3n) is 2.22. The van der Waals surface area contributed by atoms with E-state index in [2.05, 4.69) is 0 Å². The number of aromatic carboxylic acids is 1. The highest BCUT2D eigenvalue weighted by Crippen LogP contribution is 2.30. The lowest BCUT2D eigenvalue weighted by Gasteiger charge is -2.12. The lowest BCUT2D eigenvalue weighted by molar-refractivity contribution is 0.0695. The summed E-state index contributed by atoms with van der Waals surface area (Å²) in [5, 5.41) is 17.8. The maximum absolute atomic E-state index is 11.0. The van der Waals surface area contributed by atoms with Crippen molar-refractivity contribution in [2.24, 2.45) is 0 Å². The van der Waals surface area contributed by atoms with E-state index < -0.39 is 5.97 Å². The van der Waals surface area contributed by atoms with E-state index in [0.29, 0.717) is 17.1 Å². The van der Waals surface area contributed by atoms with Gasteiger partial charge < -0.3 is 19.7 Å². The van der Waals surface area contributed by atoms with Crippen LogP contribution < -0.4 is 9.47 Å². The molecule has 0 aliphatic heterocycles. The van der Waals surface area contributed by atoms with Crippen molar-refractivity contribution in [2.45, 2.75) is 6.42 Å². The van der Waals surface area contributed by atoms with Gasteiger partial charge in [-0.25, -0.2) is 4.79 Å². The highest BCUT2D eigenvalue weighted by molar-refractivity contribution is 5.90. The molecular weight excluding hydrogens is 212 g/mol. The second kappa shape index (κ2) is 5.37. The summed E-state index contributed by atoms with van der Waals surface area (Å²) in [5.74, 6) is -0.234. The Morgan fingerprint density at radius 2 is 1.81 bits per heavy atom. The minimum absolute atomic E-state index is 0.115. The molecule has 5 nitrogen and oxygen atoms in total. The van der Waals surface area contributed by atoms with Crippen LogP contribution in [0.2, 0.25) is 0 Å². The highest BCUT2D eigenvalue weighted by atomic mass is 16.5. The normalized spacial score (nSPS) is 9.94. The van der Waals surface area contributed by atoms with Crippen LogP contribution in [0.15, 0.2) is 12.1 Å². The van der Waals surface area contributed by atoms with Crippen LogP contribution in [0.25, 0.3) is 0 Å². The Bertz CT molecular complexity index is 386. The molecule has 0 aromatic heterocycles. The Morgan fingerprint density at radius 3 is 2.25 bits per heavy atom. The number of carboxylic acids is 1. The van der Waals surface area contributed by atoms with Gasteiger partial charge in [-0.05, 0) is 24.1 Å². The standard InChI is InChI=1S/C11H14O5/c1-15-9-5-7(3-4-12)8(11(13)14)6-10(9)16-2/h5-6,12H,3-4H2,1-2H3,(H,13,14). The highest BCUT2D eigenvalue weighted by Gasteiger charge is 2.15. The van der Waals surface area contributed by atoms with Crippen LogP contribution in [0.4, 0.5) is 0 Å². The van der Waals surface area contributed by atoms with Crippen LogP contribution >= 0.6 is 0 Å². The minimum Gasteiger partial charge on any atom is -0.493 e. The summed E-state index contributed by atoms with van der Waals surface area (Å²) in [7, 11) is 2.91. The number of hydrogen-bond donors (Lipinski definition) is 2. The molecule has 1 aromatic carbocycles. The van der Waals surface area contributed by atoms with Gasteiger partial charge in [0.15, 0.2) is 11.5 Å². The third kappa shape index (κ3) is 2.43. The SMILES string of the molecule is COc1cc(CCO)c(C(=O)O)cc1OC. The predicted molar refractivity (Wildman–Crippen MR) is 57.3 cm³/mol. The van der Waals surface area contributed by atoms with Gasteiger partial charge in [-0.1, -0.05) is 0 Å². The molecule has 88 valence electrons. The molecule has 0 fully saturated rings. The summed E-state index contributed by atoms with van der Waals surface area (Å²) in [6, 6.07) is 2.96. The molecule has 0 amide bonds. The maximum Gasteiger partial charge on any atom is 0.336 e. The number of aliphatic hydroxyl groups excluding tert-OH is 1. The third-order valence-corrected chi connectivity index (χ3v) is 2.22. The Morgan fingerprint density at radius 1 is 1.25 bits per heavy atom.